The van der Waals surface area contributed by atoms with E-state index in [1.54, 1.807) is 0 Å². The number of ketones is 1. The molecule has 0 heterocycles. The zero-order valence-corrected chi connectivity index (χ0v) is 8.95. The quantitative estimate of drug-likeness (QED) is 0.424. The van der Waals surface area contributed by atoms with Gasteiger partial charge in [0.1, 0.15) is 5.60 Å². The molecule has 82 valence electrons. The van der Waals surface area contributed by atoms with Gasteiger partial charge in [0, 0.05) is 12.8 Å². The molecule has 14 heavy (non-hydrogen) atoms. The topological polar surface area (TPSA) is 102 Å². The molecular weight excluding hydrogens is 182 g/mol. The molecule has 1 aliphatic carbocycles. The lowest BCUT2D eigenvalue weighted by molar-refractivity contribution is -0.145. The summed E-state index contributed by atoms with van der Waals surface area (Å²) in [6, 6.07) is -0.0936. The fraction of sp³-hybridized carbons (Fsp3) is 0.778. The molecule has 5 N–H and O–H groups in total. The van der Waals surface area contributed by atoms with Crippen LogP contribution < -0.4 is 11.5 Å². The van der Waals surface area contributed by atoms with Gasteiger partial charge < -0.3 is 16.6 Å². The molecule has 1 rings (SSSR count). The fourth-order valence-electron chi connectivity index (χ4n) is 1.31. The van der Waals surface area contributed by atoms with Crippen LogP contribution in [0.3, 0.4) is 0 Å². The largest absolute Gasteiger partial charge is 0.382 e. The highest BCUT2D eigenvalue weighted by atomic mass is 16.3. The summed E-state index contributed by atoms with van der Waals surface area (Å²) < 4.78 is 0. The highest BCUT2D eigenvalue weighted by molar-refractivity contribution is 5.86. The number of aliphatic hydroxyl groups is 1. The standard InChI is InChI=1S/C7H13N3O2.C2H6/c1-4(11)7(12)2-5(3-7)10-6(8)9;1-2/h5,12H,2-3H2,1H3,(H4,8,9,10);1-2H3. The van der Waals surface area contributed by atoms with Crippen LogP contribution in [-0.4, -0.2) is 28.5 Å². The molecule has 0 unspecified atom stereocenters. The lowest BCUT2D eigenvalue weighted by Gasteiger charge is -2.39. The molecule has 1 fully saturated rings. The fourth-order valence-corrected chi connectivity index (χ4v) is 1.31. The number of aliphatic imine (C=N–C) groups is 1. The first-order valence-corrected chi connectivity index (χ1v) is 4.76. The van der Waals surface area contributed by atoms with Gasteiger partial charge in [-0.15, -0.1) is 0 Å². The first-order valence-electron chi connectivity index (χ1n) is 4.76. The molecule has 0 aromatic carbocycles. The Bertz CT molecular complexity index is 228. The van der Waals surface area contributed by atoms with Gasteiger partial charge in [-0.25, -0.2) is 0 Å². The van der Waals surface area contributed by atoms with E-state index < -0.39 is 5.60 Å². The van der Waals surface area contributed by atoms with E-state index in [1.165, 1.54) is 6.92 Å². The highest BCUT2D eigenvalue weighted by Gasteiger charge is 2.46. The molecule has 5 heteroatoms. The molecule has 1 aliphatic rings. The Morgan fingerprint density at radius 1 is 1.43 bits per heavy atom. The Morgan fingerprint density at radius 2 is 1.86 bits per heavy atom. The number of hydrogen-bond acceptors (Lipinski definition) is 3. The van der Waals surface area contributed by atoms with Crippen molar-refractivity contribution in [2.24, 2.45) is 16.5 Å². The van der Waals surface area contributed by atoms with Crippen LogP contribution in [0.1, 0.15) is 33.6 Å². The SMILES string of the molecule is CC.CC(=O)C1(O)CC(N=C(N)N)C1. The van der Waals surface area contributed by atoms with Crippen LogP contribution in [0.2, 0.25) is 0 Å². The maximum absolute atomic E-state index is 10.8. The van der Waals surface area contributed by atoms with E-state index in [1.807, 2.05) is 13.8 Å². The summed E-state index contributed by atoms with van der Waals surface area (Å²) in [5.41, 5.74) is 9.08. The summed E-state index contributed by atoms with van der Waals surface area (Å²) in [5.74, 6) is -0.213. The molecule has 0 radical (unpaired) electrons. The predicted octanol–water partition coefficient (Wildman–Crippen LogP) is -0.231. The molecule has 0 bridgehead atoms. The van der Waals surface area contributed by atoms with Crippen molar-refractivity contribution in [2.75, 3.05) is 0 Å². The number of hydrogen-bond donors (Lipinski definition) is 3. The second-order valence-corrected chi connectivity index (χ2v) is 3.20. The van der Waals surface area contributed by atoms with E-state index in [2.05, 4.69) is 4.99 Å². The number of nitrogens with zero attached hydrogens (tertiary/aromatic N) is 1. The van der Waals surface area contributed by atoms with E-state index in [9.17, 15) is 9.90 Å². The monoisotopic (exact) mass is 201 g/mol. The van der Waals surface area contributed by atoms with E-state index in [4.69, 9.17) is 11.5 Å². The van der Waals surface area contributed by atoms with E-state index >= 15 is 0 Å². The Morgan fingerprint density at radius 3 is 2.14 bits per heavy atom. The second kappa shape index (κ2) is 4.95. The van der Waals surface area contributed by atoms with E-state index in [0.717, 1.165) is 0 Å². The number of carbonyl (C=O) groups excluding carboxylic acids is 1. The Balaban J connectivity index is 0.000000791. The maximum atomic E-state index is 10.8. The third-order valence-electron chi connectivity index (χ3n) is 2.13. The Labute approximate surface area is 84.2 Å². The second-order valence-electron chi connectivity index (χ2n) is 3.20. The van der Waals surface area contributed by atoms with Crippen molar-refractivity contribution in [3.8, 4) is 0 Å². The van der Waals surface area contributed by atoms with Crippen LogP contribution in [-0.2, 0) is 4.79 Å². The van der Waals surface area contributed by atoms with Crippen molar-refractivity contribution in [3.05, 3.63) is 0 Å². The minimum Gasteiger partial charge on any atom is -0.382 e. The molecule has 0 aliphatic heterocycles. The van der Waals surface area contributed by atoms with Crippen LogP contribution in [0.25, 0.3) is 0 Å². The molecule has 0 atom stereocenters. The molecule has 1 saturated carbocycles. The first-order chi connectivity index (χ1) is 6.44. The van der Waals surface area contributed by atoms with E-state index in [0.29, 0.717) is 12.8 Å². The molecule has 0 aromatic heterocycles. The number of nitrogens with two attached hydrogens (primary N) is 2. The summed E-state index contributed by atoms with van der Waals surface area (Å²) in [4.78, 5) is 14.6. The van der Waals surface area contributed by atoms with Gasteiger partial charge >= 0.3 is 0 Å². The summed E-state index contributed by atoms with van der Waals surface area (Å²) >= 11 is 0. The molecule has 0 amide bonds. The van der Waals surface area contributed by atoms with Crippen LogP contribution >= 0.6 is 0 Å². The zero-order valence-electron chi connectivity index (χ0n) is 8.95. The van der Waals surface area contributed by atoms with Crippen molar-refractivity contribution in [1.29, 1.82) is 0 Å². The smallest absolute Gasteiger partial charge is 0.186 e. The summed E-state index contributed by atoms with van der Waals surface area (Å²) in [6.45, 7) is 5.37. The van der Waals surface area contributed by atoms with Crippen molar-refractivity contribution < 1.29 is 9.90 Å². The van der Waals surface area contributed by atoms with Gasteiger partial charge in [-0.05, 0) is 6.92 Å². The third kappa shape index (κ3) is 2.99. The van der Waals surface area contributed by atoms with Gasteiger partial charge in [-0.1, -0.05) is 13.8 Å². The minimum atomic E-state index is -1.18. The lowest BCUT2D eigenvalue weighted by Crippen LogP contribution is -2.52. The normalized spacial score (nSPS) is 29.3. The average molecular weight is 201 g/mol. The van der Waals surface area contributed by atoms with Gasteiger partial charge in [0.05, 0.1) is 6.04 Å². The molecular formula is C9H19N3O2. The number of carbonyl (C=O) groups is 1. The van der Waals surface area contributed by atoms with Crippen molar-refractivity contribution >= 4 is 11.7 Å². The van der Waals surface area contributed by atoms with Gasteiger partial charge in [0.2, 0.25) is 0 Å². The van der Waals surface area contributed by atoms with Crippen molar-refractivity contribution in [3.63, 3.8) is 0 Å². The van der Waals surface area contributed by atoms with Crippen molar-refractivity contribution in [2.45, 2.75) is 45.3 Å². The summed E-state index contributed by atoms with van der Waals surface area (Å²) in [6.07, 6.45) is 0.667. The van der Waals surface area contributed by atoms with Gasteiger partial charge in [0.15, 0.2) is 11.7 Å². The van der Waals surface area contributed by atoms with Crippen LogP contribution in [0.5, 0.6) is 0 Å². The van der Waals surface area contributed by atoms with Crippen LogP contribution in [0.4, 0.5) is 0 Å². The zero-order chi connectivity index (χ0) is 11.4. The number of guanidine groups is 1. The van der Waals surface area contributed by atoms with Crippen LogP contribution in [0, 0.1) is 0 Å². The summed E-state index contributed by atoms with van der Waals surface area (Å²) in [5, 5.41) is 9.47. The van der Waals surface area contributed by atoms with Gasteiger partial charge in [-0.2, -0.15) is 0 Å². The van der Waals surface area contributed by atoms with E-state index in [-0.39, 0.29) is 17.8 Å². The summed E-state index contributed by atoms with van der Waals surface area (Å²) in [7, 11) is 0. The van der Waals surface area contributed by atoms with Crippen LogP contribution in [0.15, 0.2) is 4.99 Å². The molecule has 0 saturated heterocycles. The first kappa shape index (κ1) is 12.9. The lowest BCUT2D eigenvalue weighted by atomic mass is 9.73. The molecule has 5 nitrogen and oxygen atoms in total. The highest BCUT2D eigenvalue weighted by Crippen LogP contribution is 2.35. The third-order valence-corrected chi connectivity index (χ3v) is 2.13. The maximum Gasteiger partial charge on any atom is 0.186 e. The number of Topliss-reactive ketones (excluding diaryl/α,β-unsaturated/α-hetero) is 1. The van der Waals surface area contributed by atoms with Gasteiger partial charge in [0.25, 0.3) is 0 Å². The van der Waals surface area contributed by atoms with Gasteiger partial charge in [-0.3, -0.25) is 9.79 Å². The number of rotatable bonds is 2. The molecule has 0 aromatic rings. The average Bonchev–Trinajstić information content (AvgIpc) is 2.04. The van der Waals surface area contributed by atoms with Crippen molar-refractivity contribution in [1.82, 2.24) is 0 Å². The minimum absolute atomic E-state index is 0.00519. The molecule has 0 spiro atoms. The Hall–Kier alpha value is -1.10. The Kier molecular flexibility index (Phi) is 4.56. The predicted molar refractivity (Wildman–Crippen MR) is 55.8 cm³/mol.